The Morgan fingerprint density at radius 1 is 1.31 bits per heavy atom. The van der Waals surface area contributed by atoms with E-state index in [-0.39, 0.29) is 18.0 Å². The molecule has 2 fully saturated rings. The van der Waals surface area contributed by atoms with Gasteiger partial charge in [-0.05, 0) is 25.7 Å². The molecule has 3 nitrogen and oxygen atoms in total. The second-order valence-corrected chi connectivity index (χ2v) is 3.82. The van der Waals surface area contributed by atoms with Gasteiger partial charge in [0.15, 0.2) is 5.78 Å². The van der Waals surface area contributed by atoms with E-state index in [1.54, 1.807) is 0 Å². The average Bonchev–Trinajstić information content (AvgIpc) is 2.61. The van der Waals surface area contributed by atoms with Crippen LogP contribution >= 0.6 is 0 Å². The lowest BCUT2D eigenvalue weighted by atomic mass is 9.96. The van der Waals surface area contributed by atoms with Gasteiger partial charge in [0.1, 0.15) is 6.10 Å². The van der Waals surface area contributed by atoms with Gasteiger partial charge in [0.25, 0.3) is 0 Å². The van der Waals surface area contributed by atoms with Gasteiger partial charge in [-0.2, -0.15) is 0 Å². The molecule has 0 spiro atoms. The largest absolute Gasteiger partial charge is 0.379 e. The summed E-state index contributed by atoms with van der Waals surface area (Å²) < 4.78 is 10.9. The molecule has 1 saturated carbocycles. The molecule has 74 valence electrons. The molecule has 0 bridgehead atoms. The highest BCUT2D eigenvalue weighted by molar-refractivity contribution is 5.83. The fraction of sp³-hybridized carbons (Fsp3) is 0.900. The van der Waals surface area contributed by atoms with Crippen molar-refractivity contribution >= 4 is 5.78 Å². The quantitative estimate of drug-likeness (QED) is 0.649. The minimum absolute atomic E-state index is 0.125. The topological polar surface area (TPSA) is 35.5 Å². The van der Waals surface area contributed by atoms with Crippen LogP contribution in [0.15, 0.2) is 0 Å². The number of carbonyl (C=O) groups excluding carboxylic acids is 1. The number of hydrogen-bond donors (Lipinski definition) is 0. The number of ether oxygens (including phenoxy) is 2. The number of rotatable bonds is 2. The highest BCUT2D eigenvalue weighted by Gasteiger charge is 2.27. The van der Waals surface area contributed by atoms with Crippen LogP contribution in [0, 0.1) is 0 Å². The van der Waals surface area contributed by atoms with Crippen LogP contribution in [0.2, 0.25) is 0 Å². The first kappa shape index (κ1) is 9.16. The highest BCUT2D eigenvalue weighted by Crippen LogP contribution is 2.21. The lowest BCUT2D eigenvalue weighted by Gasteiger charge is -2.23. The van der Waals surface area contributed by atoms with Gasteiger partial charge in [-0.3, -0.25) is 4.79 Å². The van der Waals surface area contributed by atoms with Crippen molar-refractivity contribution in [2.45, 2.75) is 44.3 Å². The van der Waals surface area contributed by atoms with Crippen LogP contribution in [0.1, 0.15) is 32.1 Å². The van der Waals surface area contributed by atoms with Crippen molar-refractivity contribution in [3.63, 3.8) is 0 Å². The molecule has 2 rings (SSSR count). The van der Waals surface area contributed by atoms with Crippen LogP contribution in [-0.2, 0) is 14.3 Å². The van der Waals surface area contributed by atoms with Crippen LogP contribution in [0.5, 0.6) is 0 Å². The Labute approximate surface area is 78.4 Å². The standard InChI is InChI=1S/C10H16O3/c11-9-3-1-2-4-10(9)13-8-5-6-12-7-8/h8,10H,1-7H2. The van der Waals surface area contributed by atoms with E-state index in [9.17, 15) is 4.79 Å². The average molecular weight is 184 g/mol. The first-order chi connectivity index (χ1) is 6.36. The van der Waals surface area contributed by atoms with Gasteiger partial charge in [-0.15, -0.1) is 0 Å². The zero-order chi connectivity index (χ0) is 9.10. The molecule has 3 heteroatoms. The summed E-state index contributed by atoms with van der Waals surface area (Å²) in [6.45, 7) is 1.45. The van der Waals surface area contributed by atoms with E-state index < -0.39 is 0 Å². The minimum atomic E-state index is -0.125. The molecule has 2 atom stereocenters. The SMILES string of the molecule is O=C1CCCCC1OC1CCOC1. The molecule has 0 N–H and O–H groups in total. The molecular weight excluding hydrogens is 168 g/mol. The van der Waals surface area contributed by atoms with Crippen molar-refractivity contribution in [2.75, 3.05) is 13.2 Å². The van der Waals surface area contributed by atoms with Gasteiger partial charge in [0.05, 0.1) is 12.7 Å². The normalized spacial score (nSPS) is 35.2. The zero-order valence-corrected chi connectivity index (χ0v) is 7.83. The van der Waals surface area contributed by atoms with E-state index >= 15 is 0 Å². The first-order valence-electron chi connectivity index (χ1n) is 5.12. The molecule has 1 aliphatic heterocycles. The molecule has 1 saturated heterocycles. The molecular formula is C10H16O3. The minimum Gasteiger partial charge on any atom is -0.379 e. The number of ketones is 1. The molecule has 2 aliphatic rings. The molecule has 0 radical (unpaired) electrons. The van der Waals surface area contributed by atoms with E-state index in [4.69, 9.17) is 9.47 Å². The van der Waals surface area contributed by atoms with Crippen LogP contribution in [0.25, 0.3) is 0 Å². The summed E-state index contributed by atoms with van der Waals surface area (Å²) in [5.74, 6) is 0.290. The molecule has 2 unspecified atom stereocenters. The zero-order valence-electron chi connectivity index (χ0n) is 7.83. The Bertz CT molecular complexity index is 185. The van der Waals surface area contributed by atoms with Gasteiger partial charge < -0.3 is 9.47 Å². The third-order valence-corrected chi connectivity index (χ3v) is 2.74. The van der Waals surface area contributed by atoms with Crippen molar-refractivity contribution in [1.29, 1.82) is 0 Å². The van der Waals surface area contributed by atoms with E-state index in [0.29, 0.717) is 13.0 Å². The van der Waals surface area contributed by atoms with Crippen LogP contribution < -0.4 is 0 Å². The molecule has 13 heavy (non-hydrogen) atoms. The van der Waals surface area contributed by atoms with E-state index in [1.807, 2.05) is 0 Å². The predicted molar refractivity (Wildman–Crippen MR) is 47.6 cm³/mol. The highest BCUT2D eigenvalue weighted by atomic mass is 16.6. The van der Waals surface area contributed by atoms with E-state index in [2.05, 4.69) is 0 Å². The number of Topliss-reactive ketones (excluding diaryl/α,β-unsaturated/α-hetero) is 1. The molecule has 0 aromatic heterocycles. The molecule has 1 aliphatic carbocycles. The molecule has 1 heterocycles. The van der Waals surface area contributed by atoms with Gasteiger partial charge in [-0.1, -0.05) is 0 Å². The van der Waals surface area contributed by atoms with Crippen LogP contribution in [0.3, 0.4) is 0 Å². The summed E-state index contributed by atoms with van der Waals surface area (Å²) in [5, 5.41) is 0. The maximum atomic E-state index is 11.4. The van der Waals surface area contributed by atoms with E-state index in [0.717, 1.165) is 32.3 Å². The fourth-order valence-electron chi connectivity index (χ4n) is 1.95. The molecule has 0 aromatic rings. The third-order valence-electron chi connectivity index (χ3n) is 2.74. The summed E-state index contributed by atoms with van der Waals surface area (Å²) in [5.41, 5.74) is 0. The summed E-state index contributed by atoms with van der Waals surface area (Å²) in [6.07, 6.45) is 4.79. The lowest BCUT2D eigenvalue weighted by Crippen LogP contribution is -2.32. The van der Waals surface area contributed by atoms with Crippen molar-refractivity contribution in [3.8, 4) is 0 Å². The lowest BCUT2D eigenvalue weighted by molar-refractivity contribution is -0.137. The number of hydrogen-bond acceptors (Lipinski definition) is 3. The maximum absolute atomic E-state index is 11.4. The monoisotopic (exact) mass is 184 g/mol. The van der Waals surface area contributed by atoms with Gasteiger partial charge in [0.2, 0.25) is 0 Å². The summed E-state index contributed by atoms with van der Waals surface area (Å²) in [7, 11) is 0. The fourth-order valence-corrected chi connectivity index (χ4v) is 1.95. The van der Waals surface area contributed by atoms with Crippen molar-refractivity contribution in [3.05, 3.63) is 0 Å². The predicted octanol–water partition coefficient (Wildman–Crippen LogP) is 1.30. The smallest absolute Gasteiger partial charge is 0.161 e. The second-order valence-electron chi connectivity index (χ2n) is 3.82. The summed E-state index contributed by atoms with van der Waals surface area (Å²) in [6, 6.07) is 0. The van der Waals surface area contributed by atoms with Gasteiger partial charge in [0, 0.05) is 13.0 Å². The van der Waals surface area contributed by atoms with Crippen molar-refractivity contribution in [2.24, 2.45) is 0 Å². The van der Waals surface area contributed by atoms with E-state index in [1.165, 1.54) is 0 Å². The Kier molecular flexibility index (Phi) is 2.96. The van der Waals surface area contributed by atoms with Gasteiger partial charge >= 0.3 is 0 Å². The second kappa shape index (κ2) is 4.20. The Morgan fingerprint density at radius 3 is 2.92 bits per heavy atom. The summed E-state index contributed by atoms with van der Waals surface area (Å²) in [4.78, 5) is 11.4. The van der Waals surface area contributed by atoms with Crippen LogP contribution in [-0.4, -0.2) is 31.2 Å². The molecule has 0 amide bonds. The Hall–Kier alpha value is -0.410. The third kappa shape index (κ3) is 2.29. The Balaban J connectivity index is 1.81. The summed E-state index contributed by atoms with van der Waals surface area (Å²) >= 11 is 0. The maximum Gasteiger partial charge on any atom is 0.161 e. The van der Waals surface area contributed by atoms with Gasteiger partial charge in [-0.25, -0.2) is 0 Å². The first-order valence-corrected chi connectivity index (χ1v) is 5.12. The van der Waals surface area contributed by atoms with Crippen LogP contribution in [0.4, 0.5) is 0 Å². The van der Waals surface area contributed by atoms with Crippen molar-refractivity contribution < 1.29 is 14.3 Å². The molecule has 0 aromatic carbocycles. The van der Waals surface area contributed by atoms with Crippen molar-refractivity contribution in [1.82, 2.24) is 0 Å². The number of carbonyl (C=O) groups is 1. The Morgan fingerprint density at radius 2 is 2.23 bits per heavy atom.